The molecule has 0 spiro atoms. The first-order valence-corrected chi connectivity index (χ1v) is 5.51. The molecule has 1 amide bonds. The molecule has 0 aliphatic heterocycles. The Bertz CT molecular complexity index is 362. The molecule has 86 valence electrons. The highest BCUT2D eigenvalue weighted by molar-refractivity contribution is 5.82. The minimum Gasteiger partial charge on any atom is -0.293 e. The van der Waals surface area contributed by atoms with Crippen LogP contribution in [0.2, 0.25) is 0 Å². The minimum atomic E-state index is -0.279. The largest absolute Gasteiger partial charge is 0.293 e. The van der Waals surface area contributed by atoms with Crippen LogP contribution < -0.4 is 11.3 Å². The van der Waals surface area contributed by atoms with Crippen molar-refractivity contribution in [3.8, 4) is 0 Å². The number of amides is 1. The first kappa shape index (κ1) is 11.1. The summed E-state index contributed by atoms with van der Waals surface area (Å²) in [6.45, 7) is 0. The van der Waals surface area contributed by atoms with E-state index < -0.39 is 0 Å². The van der Waals surface area contributed by atoms with Gasteiger partial charge in [0.2, 0.25) is 0 Å². The Labute approximate surface area is 95.4 Å². The second-order valence-corrected chi connectivity index (χ2v) is 4.22. The van der Waals surface area contributed by atoms with E-state index >= 15 is 0 Å². The second kappa shape index (κ2) is 4.63. The highest BCUT2D eigenvalue weighted by Gasteiger charge is 2.35. The number of nitrogens with two attached hydrogens (primary N) is 1. The summed E-state index contributed by atoms with van der Waals surface area (Å²) in [6.07, 6.45) is 2.33. The molecule has 3 N–H and O–H groups in total. The summed E-state index contributed by atoms with van der Waals surface area (Å²) in [5.74, 6) is 5.09. The van der Waals surface area contributed by atoms with Gasteiger partial charge in [-0.05, 0) is 25.5 Å². The summed E-state index contributed by atoms with van der Waals surface area (Å²) < 4.78 is 0. The van der Waals surface area contributed by atoms with Crippen LogP contribution in [0.4, 0.5) is 0 Å². The van der Waals surface area contributed by atoms with Crippen molar-refractivity contribution in [2.75, 3.05) is 7.05 Å². The normalized spacial score (nSPS) is 17.2. The fourth-order valence-electron chi connectivity index (χ4n) is 1.98. The van der Waals surface area contributed by atoms with Crippen LogP contribution in [0.15, 0.2) is 30.3 Å². The van der Waals surface area contributed by atoms with Gasteiger partial charge in [-0.2, -0.15) is 0 Å². The van der Waals surface area contributed by atoms with E-state index in [9.17, 15) is 4.79 Å². The zero-order chi connectivity index (χ0) is 11.5. The molecule has 1 fully saturated rings. The SMILES string of the molecule is CN(C1CC1)C(C(=O)NN)c1ccccc1. The highest BCUT2D eigenvalue weighted by atomic mass is 16.2. The lowest BCUT2D eigenvalue weighted by atomic mass is 10.1. The molecule has 1 atom stereocenters. The van der Waals surface area contributed by atoms with Crippen LogP contribution in [0.25, 0.3) is 0 Å². The van der Waals surface area contributed by atoms with Gasteiger partial charge >= 0.3 is 0 Å². The average molecular weight is 219 g/mol. The van der Waals surface area contributed by atoms with E-state index in [-0.39, 0.29) is 11.9 Å². The third kappa shape index (κ3) is 2.23. The molecule has 2 rings (SSSR count). The molecule has 1 aromatic rings. The third-order valence-electron chi connectivity index (χ3n) is 3.04. The Morgan fingerprint density at radius 2 is 2.06 bits per heavy atom. The predicted molar refractivity (Wildman–Crippen MR) is 62.3 cm³/mol. The number of carbonyl (C=O) groups is 1. The van der Waals surface area contributed by atoms with Crippen molar-refractivity contribution in [2.45, 2.75) is 24.9 Å². The zero-order valence-electron chi connectivity index (χ0n) is 9.39. The first-order valence-electron chi connectivity index (χ1n) is 5.51. The van der Waals surface area contributed by atoms with E-state index in [0.717, 1.165) is 18.4 Å². The van der Waals surface area contributed by atoms with Crippen molar-refractivity contribution in [1.29, 1.82) is 0 Å². The second-order valence-electron chi connectivity index (χ2n) is 4.22. The summed E-state index contributed by atoms with van der Waals surface area (Å²) in [5.41, 5.74) is 3.23. The molecule has 4 heteroatoms. The molecule has 1 aliphatic rings. The maximum absolute atomic E-state index is 11.8. The smallest absolute Gasteiger partial charge is 0.255 e. The standard InChI is InChI=1S/C12H17N3O/c1-15(10-7-8-10)11(12(16)14-13)9-5-3-2-4-6-9/h2-6,10-11H,7-8,13H2,1H3,(H,14,16). The van der Waals surface area contributed by atoms with Gasteiger partial charge in [-0.1, -0.05) is 30.3 Å². The van der Waals surface area contributed by atoms with E-state index in [1.807, 2.05) is 37.4 Å². The number of nitrogens with one attached hydrogen (secondary N) is 1. The molecule has 0 aromatic heterocycles. The van der Waals surface area contributed by atoms with Gasteiger partial charge < -0.3 is 0 Å². The number of hydrogen-bond donors (Lipinski definition) is 2. The summed E-state index contributed by atoms with van der Waals surface area (Å²) >= 11 is 0. The first-order chi connectivity index (χ1) is 7.74. The maximum atomic E-state index is 11.8. The van der Waals surface area contributed by atoms with Crippen molar-refractivity contribution in [1.82, 2.24) is 10.3 Å². The molecule has 1 unspecified atom stereocenters. The van der Waals surface area contributed by atoms with Crippen LogP contribution in [0.1, 0.15) is 24.4 Å². The quantitative estimate of drug-likeness (QED) is 0.447. The fraction of sp³-hybridized carbons (Fsp3) is 0.417. The Hall–Kier alpha value is -1.39. The Morgan fingerprint density at radius 1 is 1.44 bits per heavy atom. The van der Waals surface area contributed by atoms with Gasteiger partial charge in [0.05, 0.1) is 0 Å². The number of hydrogen-bond acceptors (Lipinski definition) is 3. The molecule has 1 saturated carbocycles. The lowest BCUT2D eigenvalue weighted by Crippen LogP contribution is -2.42. The van der Waals surface area contributed by atoms with E-state index in [1.54, 1.807) is 0 Å². The Balaban J connectivity index is 2.23. The zero-order valence-corrected chi connectivity index (χ0v) is 9.39. The molecule has 0 radical (unpaired) electrons. The number of hydrazine groups is 1. The van der Waals surface area contributed by atoms with Crippen LogP contribution in [0, 0.1) is 0 Å². The number of likely N-dealkylation sites (N-methyl/N-ethyl adjacent to an activating group) is 1. The van der Waals surface area contributed by atoms with Crippen molar-refractivity contribution in [2.24, 2.45) is 5.84 Å². The lowest BCUT2D eigenvalue weighted by molar-refractivity contribution is -0.126. The minimum absolute atomic E-state index is 0.152. The van der Waals surface area contributed by atoms with Crippen LogP contribution in [0.3, 0.4) is 0 Å². The lowest BCUT2D eigenvalue weighted by Gasteiger charge is -2.26. The van der Waals surface area contributed by atoms with E-state index in [2.05, 4.69) is 10.3 Å². The third-order valence-corrected chi connectivity index (χ3v) is 3.04. The van der Waals surface area contributed by atoms with Gasteiger partial charge in [0.1, 0.15) is 6.04 Å². The molecule has 16 heavy (non-hydrogen) atoms. The van der Waals surface area contributed by atoms with Crippen molar-refractivity contribution in [3.05, 3.63) is 35.9 Å². The highest BCUT2D eigenvalue weighted by Crippen LogP contribution is 2.32. The molecule has 1 aliphatic carbocycles. The van der Waals surface area contributed by atoms with Gasteiger partial charge in [0.25, 0.3) is 5.91 Å². The van der Waals surface area contributed by atoms with Crippen LogP contribution in [-0.2, 0) is 4.79 Å². The Kier molecular flexibility index (Phi) is 3.22. The van der Waals surface area contributed by atoms with Crippen LogP contribution in [0.5, 0.6) is 0 Å². The molecular weight excluding hydrogens is 202 g/mol. The number of rotatable bonds is 4. The maximum Gasteiger partial charge on any atom is 0.255 e. The van der Waals surface area contributed by atoms with Crippen molar-refractivity contribution >= 4 is 5.91 Å². The van der Waals surface area contributed by atoms with Crippen molar-refractivity contribution < 1.29 is 4.79 Å². The van der Waals surface area contributed by atoms with Gasteiger partial charge in [-0.15, -0.1) is 0 Å². The summed E-state index contributed by atoms with van der Waals surface area (Å²) in [4.78, 5) is 13.9. The van der Waals surface area contributed by atoms with Gasteiger partial charge in [-0.3, -0.25) is 15.1 Å². The molecule has 0 heterocycles. The van der Waals surface area contributed by atoms with Gasteiger partial charge in [0.15, 0.2) is 0 Å². The fourth-order valence-corrected chi connectivity index (χ4v) is 1.98. The molecule has 1 aromatic carbocycles. The van der Waals surface area contributed by atoms with Gasteiger partial charge in [-0.25, -0.2) is 5.84 Å². The molecule has 0 bridgehead atoms. The van der Waals surface area contributed by atoms with E-state index in [0.29, 0.717) is 6.04 Å². The molecule has 0 saturated heterocycles. The van der Waals surface area contributed by atoms with E-state index in [4.69, 9.17) is 5.84 Å². The molecular formula is C12H17N3O. The van der Waals surface area contributed by atoms with E-state index in [1.165, 1.54) is 0 Å². The number of nitrogens with zero attached hydrogens (tertiary/aromatic N) is 1. The summed E-state index contributed by atoms with van der Waals surface area (Å²) in [6, 6.07) is 9.97. The summed E-state index contributed by atoms with van der Waals surface area (Å²) in [5, 5.41) is 0. The average Bonchev–Trinajstić information content (AvgIpc) is 3.14. The van der Waals surface area contributed by atoms with Crippen LogP contribution in [-0.4, -0.2) is 23.9 Å². The molecule has 4 nitrogen and oxygen atoms in total. The van der Waals surface area contributed by atoms with Crippen molar-refractivity contribution in [3.63, 3.8) is 0 Å². The summed E-state index contributed by atoms with van der Waals surface area (Å²) in [7, 11) is 1.98. The number of benzene rings is 1. The predicted octanol–water partition coefficient (Wildman–Crippen LogP) is 0.812. The van der Waals surface area contributed by atoms with Crippen LogP contribution >= 0.6 is 0 Å². The topological polar surface area (TPSA) is 58.4 Å². The monoisotopic (exact) mass is 219 g/mol. The number of carbonyl (C=O) groups excluding carboxylic acids is 1. The Morgan fingerprint density at radius 3 is 2.56 bits per heavy atom. The van der Waals surface area contributed by atoms with Gasteiger partial charge in [0, 0.05) is 6.04 Å².